The van der Waals surface area contributed by atoms with Crippen LogP contribution in [0.15, 0.2) is 97.1 Å². The Morgan fingerprint density at radius 1 is 0.576 bits per heavy atom. The molecule has 0 heterocycles. The second kappa shape index (κ2) is 10.2. The Kier molecular flexibility index (Phi) is 7.09. The summed E-state index contributed by atoms with van der Waals surface area (Å²) in [7, 11) is 0. The average Bonchev–Trinajstić information content (AvgIpc) is 3.50. The summed E-state index contributed by atoms with van der Waals surface area (Å²) in [5.41, 5.74) is 0. The third-order valence-electron chi connectivity index (χ3n) is 5.15. The predicted molar refractivity (Wildman–Crippen MR) is 121 cm³/mol. The van der Waals surface area contributed by atoms with Crippen molar-refractivity contribution in [2.75, 3.05) is 0 Å². The standard InChI is InChI=1S/2C8H8O3.2C5H5.Zr/c2*1-6(9)11-8-4-2-7(10)3-5-8;2*1-2-4-5-3-1;/h2*2-5,10H,1H3;2*1-5H;/q;;;;+2/p-2. The summed E-state index contributed by atoms with van der Waals surface area (Å²) in [6.07, 6.45) is 16.5. The molecule has 0 bridgehead atoms. The Balaban J connectivity index is 1.68. The fourth-order valence-corrected chi connectivity index (χ4v) is 12.5. The van der Waals surface area contributed by atoms with Crippen molar-refractivity contribution in [1.29, 1.82) is 0 Å². The van der Waals surface area contributed by atoms with Gasteiger partial charge in [-0.25, -0.2) is 0 Å². The molecule has 0 fully saturated rings. The van der Waals surface area contributed by atoms with Crippen molar-refractivity contribution < 1.29 is 45.8 Å². The first-order valence-corrected chi connectivity index (χ1v) is 15.4. The molecule has 33 heavy (non-hydrogen) atoms. The van der Waals surface area contributed by atoms with Gasteiger partial charge in [0.1, 0.15) is 0 Å². The first-order chi connectivity index (χ1) is 15.9. The van der Waals surface area contributed by atoms with Gasteiger partial charge in [0.25, 0.3) is 0 Å². The fraction of sp³-hybridized carbons (Fsp3) is 0.154. The summed E-state index contributed by atoms with van der Waals surface area (Å²) >= 11 is -4.07. The molecule has 0 amide bonds. The number of allylic oxidation sites excluding steroid dienone is 8. The zero-order valence-electron chi connectivity index (χ0n) is 18.3. The maximum atomic E-state index is 11.2. The van der Waals surface area contributed by atoms with Crippen LogP contribution in [0.2, 0.25) is 7.25 Å². The van der Waals surface area contributed by atoms with Crippen molar-refractivity contribution in [2.45, 2.75) is 21.1 Å². The first-order valence-electron chi connectivity index (χ1n) is 10.6. The van der Waals surface area contributed by atoms with Crippen LogP contribution in [0.25, 0.3) is 0 Å². The van der Waals surface area contributed by atoms with Crippen LogP contribution in [0, 0.1) is 0 Å². The monoisotopic (exact) mass is 522 g/mol. The van der Waals surface area contributed by atoms with Crippen molar-refractivity contribution in [3.8, 4) is 23.0 Å². The molecule has 0 aliphatic heterocycles. The van der Waals surface area contributed by atoms with E-state index in [2.05, 4.69) is 24.3 Å². The summed E-state index contributed by atoms with van der Waals surface area (Å²) in [5, 5.41) is 0. The van der Waals surface area contributed by atoms with E-state index in [0.29, 0.717) is 23.0 Å². The number of hydrogen-bond acceptors (Lipinski definition) is 6. The van der Waals surface area contributed by atoms with E-state index >= 15 is 0 Å². The van der Waals surface area contributed by atoms with E-state index in [1.54, 1.807) is 48.5 Å². The van der Waals surface area contributed by atoms with E-state index in [0.717, 1.165) is 0 Å². The normalized spacial score (nSPS) is 15.1. The molecule has 0 N–H and O–H groups in total. The Morgan fingerprint density at radius 2 is 0.879 bits per heavy atom. The van der Waals surface area contributed by atoms with E-state index in [1.165, 1.54) is 13.8 Å². The molecule has 0 saturated carbocycles. The summed E-state index contributed by atoms with van der Waals surface area (Å²) in [5.74, 6) is 1.47. The van der Waals surface area contributed by atoms with Crippen LogP contribution in [0.3, 0.4) is 0 Å². The molecule has 7 heteroatoms. The van der Waals surface area contributed by atoms with Gasteiger partial charge < -0.3 is 0 Å². The van der Waals surface area contributed by atoms with Gasteiger partial charge in [-0.1, -0.05) is 0 Å². The quantitative estimate of drug-likeness (QED) is 0.321. The van der Waals surface area contributed by atoms with Crippen LogP contribution < -0.4 is 15.1 Å². The molecule has 2 aromatic carbocycles. The minimum atomic E-state index is -4.07. The number of esters is 2. The summed E-state index contributed by atoms with van der Waals surface area (Å²) in [6, 6.07) is 14.0. The molecule has 0 unspecified atom stereocenters. The van der Waals surface area contributed by atoms with E-state index in [1.807, 2.05) is 24.3 Å². The molecular weight excluding hydrogens is 500 g/mol. The zero-order chi connectivity index (χ0) is 23.3. The molecule has 0 saturated heterocycles. The molecule has 2 aliphatic rings. The molecule has 0 spiro atoms. The SMILES string of the molecule is CC(=O)Oc1ccc([O][Zr]([O]c2ccc(OC(C)=O)cc2)([CH]2C=CC=C2)[CH]2C=CC=C2)cc1. The molecule has 0 aromatic heterocycles. The Hall–Kier alpha value is -3.18. The number of ether oxygens (including phenoxy) is 2. The van der Waals surface area contributed by atoms with E-state index < -0.39 is 21.1 Å². The average molecular weight is 524 g/mol. The minimum absolute atomic E-state index is 0.0259. The molecule has 2 aliphatic carbocycles. The topological polar surface area (TPSA) is 71.1 Å². The van der Waals surface area contributed by atoms with Gasteiger partial charge in [-0.3, -0.25) is 0 Å². The fourth-order valence-electron chi connectivity index (χ4n) is 3.77. The zero-order valence-corrected chi connectivity index (χ0v) is 20.8. The van der Waals surface area contributed by atoms with Crippen molar-refractivity contribution in [2.24, 2.45) is 0 Å². The van der Waals surface area contributed by atoms with Crippen LogP contribution in [-0.4, -0.2) is 11.9 Å². The first kappa shape index (κ1) is 23.0. The number of rotatable bonds is 8. The van der Waals surface area contributed by atoms with E-state index in [9.17, 15) is 9.59 Å². The number of carbonyl (C=O) groups is 2. The van der Waals surface area contributed by atoms with Crippen molar-refractivity contribution in [1.82, 2.24) is 0 Å². The Morgan fingerprint density at radius 3 is 1.18 bits per heavy atom. The van der Waals surface area contributed by atoms with E-state index in [4.69, 9.17) is 15.1 Å². The van der Waals surface area contributed by atoms with Crippen LogP contribution >= 0.6 is 0 Å². The molecule has 168 valence electrons. The van der Waals surface area contributed by atoms with Gasteiger partial charge in [-0.2, -0.15) is 0 Å². The van der Waals surface area contributed by atoms with Crippen LogP contribution in [0.5, 0.6) is 23.0 Å². The second-order valence-electron chi connectivity index (χ2n) is 7.65. The van der Waals surface area contributed by atoms with Gasteiger partial charge >= 0.3 is 199 Å². The Labute approximate surface area is 198 Å². The third-order valence-corrected chi connectivity index (χ3v) is 14.3. The molecule has 6 nitrogen and oxygen atoms in total. The van der Waals surface area contributed by atoms with Gasteiger partial charge in [-0.05, 0) is 0 Å². The van der Waals surface area contributed by atoms with Crippen molar-refractivity contribution in [3.63, 3.8) is 0 Å². The van der Waals surface area contributed by atoms with Gasteiger partial charge in [0, 0.05) is 0 Å². The number of carbonyl (C=O) groups excluding carboxylic acids is 2. The molecule has 0 atom stereocenters. The van der Waals surface area contributed by atoms with Gasteiger partial charge in [0.15, 0.2) is 0 Å². The second-order valence-corrected chi connectivity index (χ2v) is 15.5. The van der Waals surface area contributed by atoms with Crippen LogP contribution in [0.1, 0.15) is 13.8 Å². The van der Waals surface area contributed by atoms with Gasteiger partial charge in [0.2, 0.25) is 0 Å². The summed E-state index contributed by atoms with van der Waals surface area (Å²) in [4.78, 5) is 22.5. The van der Waals surface area contributed by atoms with E-state index in [-0.39, 0.29) is 19.2 Å². The van der Waals surface area contributed by atoms with Gasteiger partial charge in [0.05, 0.1) is 0 Å². The van der Waals surface area contributed by atoms with Gasteiger partial charge in [-0.15, -0.1) is 0 Å². The molecule has 4 rings (SSSR count). The predicted octanol–water partition coefficient (Wildman–Crippen LogP) is 5.81. The maximum absolute atomic E-state index is 11.2. The Bertz CT molecular complexity index is 1010. The van der Waals surface area contributed by atoms with Crippen LogP contribution in [0.4, 0.5) is 0 Å². The molecule has 2 aromatic rings. The number of hydrogen-bond donors (Lipinski definition) is 0. The number of benzene rings is 2. The third kappa shape index (κ3) is 5.61. The molecular formula is C26H24O6Zr. The van der Waals surface area contributed by atoms with Crippen molar-refractivity contribution in [3.05, 3.63) is 97.1 Å². The van der Waals surface area contributed by atoms with Crippen LogP contribution in [-0.2, 0) is 30.7 Å². The molecule has 0 radical (unpaired) electrons. The summed E-state index contributed by atoms with van der Waals surface area (Å²) in [6.45, 7) is 2.73. The summed E-state index contributed by atoms with van der Waals surface area (Å²) < 4.78 is 23.9. The van der Waals surface area contributed by atoms with Crippen molar-refractivity contribution >= 4 is 11.9 Å².